The summed E-state index contributed by atoms with van der Waals surface area (Å²) in [6.07, 6.45) is 2.46. The van der Waals surface area contributed by atoms with E-state index in [4.69, 9.17) is 0 Å². The van der Waals surface area contributed by atoms with Crippen LogP contribution < -0.4 is 0 Å². The van der Waals surface area contributed by atoms with Gasteiger partial charge in [-0.05, 0) is 6.42 Å². The molecule has 0 spiro atoms. The summed E-state index contributed by atoms with van der Waals surface area (Å²) in [7, 11) is 0. The van der Waals surface area contributed by atoms with Crippen LogP contribution >= 0.6 is 12.6 Å². The minimum Gasteiger partial charge on any atom is -0.262 e. The summed E-state index contributed by atoms with van der Waals surface area (Å²) in [5.74, 6) is 0.848. The third-order valence-electron chi connectivity index (χ3n) is 1.14. The molecule has 9 heavy (non-hydrogen) atoms. The average molecular weight is 143 g/mol. The predicted octanol–water partition coefficient (Wildman–Crippen LogP) is 1.19. The highest BCUT2D eigenvalue weighted by molar-refractivity contribution is 7.80. The molecule has 1 atom stereocenters. The minimum atomic E-state index is 0.201. The number of aromatic amines is 1. The average Bonchev–Trinajstić information content (AvgIpc) is 2.37. The van der Waals surface area contributed by atoms with Crippen LogP contribution in [0, 0.1) is 0 Å². The van der Waals surface area contributed by atoms with Gasteiger partial charge in [-0.1, -0.05) is 6.92 Å². The first-order valence-corrected chi connectivity index (χ1v) is 3.39. The van der Waals surface area contributed by atoms with Gasteiger partial charge >= 0.3 is 0 Å². The maximum atomic E-state index is 4.25. The van der Waals surface area contributed by atoms with E-state index >= 15 is 0 Å². The highest BCUT2D eigenvalue weighted by atomic mass is 32.1. The molecule has 0 saturated heterocycles. The van der Waals surface area contributed by atoms with Gasteiger partial charge in [0.05, 0.1) is 5.25 Å². The highest BCUT2D eigenvalue weighted by Crippen LogP contribution is 2.17. The van der Waals surface area contributed by atoms with E-state index < -0.39 is 0 Å². The van der Waals surface area contributed by atoms with Crippen LogP contribution in [0.2, 0.25) is 0 Å². The van der Waals surface area contributed by atoms with E-state index in [1.165, 1.54) is 6.33 Å². The highest BCUT2D eigenvalue weighted by Gasteiger charge is 2.04. The Bertz CT molecular complexity index is 161. The lowest BCUT2D eigenvalue weighted by Gasteiger charge is -1.99. The standard InChI is InChI=1S/C5H9N3S/c1-2-4(9)5-6-3-7-8-5/h3-4,9H,2H2,1H3,(H,6,7,8). The minimum absolute atomic E-state index is 0.201. The van der Waals surface area contributed by atoms with Crippen LogP contribution in [0.15, 0.2) is 6.33 Å². The fourth-order valence-corrected chi connectivity index (χ4v) is 0.693. The summed E-state index contributed by atoms with van der Waals surface area (Å²) < 4.78 is 0. The fourth-order valence-electron chi connectivity index (χ4n) is 0.569. The van der Waals surface area contributed by atoms with Crippen molar-refractivity contribution in [2.75, 3.05) is 0 Å². The van der Waals surface area contributed by atoms with Gasteiger partial charge in [-0.25, -0.2) is 4.98 Å². The Kier molecular flexibility index (Phi) is 2.10. The van der Waals surface area contributed by atoms with E-state index in [0.29, 0.717) is 0 Å². The first kappa shape index (κ1) is 6.61. The van der Waals surface area contributed by atoms with Crippen LogP contribution in [-0.2, 0) is 0 Å². The van der Waals surface area contributed by atoms with Gasteiger partial charge in [0.2, 0.25) is 0 Å². The first-order valence-electron chi connectivity index (χ1n) is 2.88. The van der Waals surface area contributed by atoms with Crippen molar-refractivity contribution < 1.29 is 0 Å². The van der Waals surface area contributed by atoms with Crippen LogP contribution in [0.4, 0.5) is 0 Å². The lowest BCUT2D eigenvalue weighted by molar-refractivity contribution is 0.825. The Labute approximate surface area is 59.3 Å². The molecule has 0 aliphatic heterocycles. The second-order valence-electron chi connectivity index (χ2n) is 1.79. The van der Waals surface area contributed by atoms with Crippen molar-refractivity contribution in [3.63, 3.8) is 0 Å². The maximum absolute atomic E-state index is 4.25. The van der Waals surface area contributed by atoms with Crippen molar-refractivity contribution in [3.05, 3.63) is 12.2 Å². The molecular weight excluding hydrogens is 134 g/mol. The van der Waals surface area contributed by atoms with Gasteiger partial charge in [0, 0.05) is 0 Å². The van der Waals surface area contributed by atoms with E-state index in [9.17, 15) is 0 Å². The van der Waals surface area contributed by atoms with Crippen molar-refractivity contribution in [1.29, 1.82) is 0 Å². The number of aromatic nitrogens is 3. The number of nitrogens with zero attached hydrogens (tertiary/aromatic N) is 2. The summed E-state index contributed by atoms with van der Waals surface area (Å²) in [6.45, 7) is 2.06. The molecule has 0 bridgehead atoms. The summed E-state index contributed by atoms with van der Waals surface area (Å²) in [6, 6.07) is 0. The third-order valence-corrected chi connectivity index (χ3v) is 1.75. The Morgan fingerprint density at radius 1 is 1.89 bits per heavy atom. The molecule has 4 heteroatoms. The van der Waals surface area contributed by atoms with Gasteiger partial charge in [0.25, 0.3) is 0 Å². The van der Waals surface area contributed by atoms with Gasteiger partial charge in [-0.2, -0.15) is 17.7 Å². The Hall–Kier alpha value is -0.510. The first-order chi connectivity index (χ1) is 4.34. The molecule has 0 saturated carbocycles. The topological polar surface area (TPSA) is 41.6 Å². The van der Waals surface area contributed by atoms with Crippen molar-refractivity contribution >= 4 is 12.6 Å². The van der Waals surface area contributed by atoms with Crippen molar-refractivity contribution in [2.45, 2.75) is 18.6 Å². The Morgan fingerprint density at radius 3 is 3.11 bits per heavy atom. The molecule has 0 amide bonds. The van der Waals surface area contributed by atoms with Gasteiger partial charge in [-0.3, -0.25) is 5.10 Å². The summed E-state index contributed by atoms with van der Waals surface area (Å²) in [5, 5.41) is 6.66. The van der Waals surface area contributed by atoms with Gasteiger partial charge in [0.15, 0.2) is 0 Å². The van der Waals surface area contributed by atoms with Crippen LogP contribution in [0.5, 0.6) is 0 Å². The van der Waals surface area contributed by atoms with Crippen molar-refractivity contribution in [2.24, 2.45) is 0 Å². The summed E-state index contributed by atoms with van der Waals surface area (Å²) >= 11 is 4.25. The fraction of sp³-hybridized carbons (Fsp3) is 0.600. The lowest BCUT2D eigenvalue weighted by Crippen LogP contribution is -1.90. The number of H-pyrrole nitrogens is 1. The lowest BCUT2D eigenvalue weighted by atomic mass is 10.3. The van der Waals surface area contributed by atoms with Gasteiger partial charge in [-0.15, -0.1) is 0 Å². The third kappa shape index (κ3) is 1.45. The molecule has 50 valence electrons. The Balaban J connectivity index is 2.65. The molecule has 0 radical (unpaired) electrons. The zero-order valence-electron chi connectivity index (χ0n) is 5.20. The number of hydrogen-bond donors (Lipinski definition) is 2. The number of thiol groups is 1. The number of rotatable bonds is 2. The molecule has 0 fully saturated rings. The largest absolute Gasteiger partial charge is 0.262 e. The normalized spacial score (nSPS) is 13.6. The zero-order chi connectivity index (χ0) is 6.69. The SMILES string of the molecule is CCC(S)c1ncn[nH]1. The van der Waals surface area contributed by atoms with Gasteiger partial charge in [0.1, 0.15) is 12.2 Å². The molecule has 1 N–H and O–H groups in total. The van der Waals surface area contributed by atoms with E-state index in [1.54, 1.807) is 0 Å². The van der Waals surface area contributed by atoms with E-state index in [-0.39, 0.29) is 5.25 Å². The molecule has 1 heterocycles. The second kappa shape index (κ2) is 2.87. The molecule has 0 aliphatic rings. The number of hydrogen-bond acceptors (Lipinski definition) is 3. The molecule has 1 unspecified atom stereocenters. The van der Waals surface area contributed by atoms with Crippen LogP contribution in [0.25, 0.3) is 0 Å². The summed E-state index contributed by atoms with van der Waals surface area (Å²) in [4.78, 5) is 3.94. The molecular formula is C5H9N3S. The molecule has 0 aromatic carbocycles. The van der Waals surface area contributed by atoms with Crippen LogP contribution in [0.1, 0.15) is 24.4 Å². The van der Waals surface area contributed by atoms with E-state index in [2.05, 4.69) is 34.7 Å². The van der Waals surface area contributed by atoms with Crippen LogP contribution in [0.3, 0.4) is 0 Å². The molecule has 0 aliphatic carbocycles. The molecule has 1 aromatic heterocycles. The molecule has 1 aromatic rings. The number of nitrogens with one attached hydrogen (secondary N) is 1. The Morgan fingerprint density at radius 2 is 2.67 bits per heavy atom. The predicted molar refractivity (Wildman–Crippen MR) is 38.4 cm³/mol. The van der Waals surface area contributed by atoms with Crippen LogP contribution in [-0.4, -0.2) is 15.2 Å². The molecule has 1 rings (SSSR count). The van der Waals surface area contributed by atoms with Gasteiger partial charge < -0.3 is 0 Å². The molecule has 3 nitrogen and oxygen atoms in total. The van der Waals surface area contributed by atoms with E-state index in [1.807, 2.05) is 0 Å². The maximum Gasteiger partial charge on any atom is 0.137 e. The zero-order valence-corrected chi connectivity index (χ0v) is 6.10. The quantitative estimate of drug-likeness (QED) is 0.610. The smallest absolute Gasteiger partial charge is 0.137 e. The monoisotopic (exact) mass is 143 g/mol. The second-order valence-corrected chi connectivity index (χ2v) is 2.42. The van der Waals surface area contributed by atoms with Crippen molar-refractivity contribution in [3.8, 4) is 0 Å². The van der Waals surface area contributed by atoms with E-state index in [0.717, 1.165) is 12.2 Å². The summed E-state index contributed by atoms with van der Waals surface area (Å²) in [5.41, 5.74) is 0. The van der Waals surface area contributed by atoms with Crippen molar-refractivity contribution in [1.82, 2.24) is 15.2 Å².